The summed E-state index contributed by atoms with van der Waals surface area (Å²) in [5, 5.41) is 8.89. The summed E-state index contributed by atoms with van der Waals surface area (Å²) in [6.45, 7) is 1.65. The Kier molecular flexibility index (Phi) is 5.63. The van der Waals surface area contributed by atoms with E-state index in [0.717, 1.165) is 5.56 Å². The lowest BCUT2D eigenvalue weighted by Crippen LogP contribution is -2.28. The summed E-state index contributed by atoms with van der Waals surface area (Å²) in [4.78, 5) is 10.8. The quantitative estimate of drug-likeness (QED) is 0.785. The van der Waals surface area contributed by atoms with Crippen molar-refractivity contribution in [3.05, 3.63) is 23.8 Å². The molecule has 0 spiro atoms. The molecule has 0 aromatic heterocycles. The molecule has 0 fully saturated rings. The third kappa shape index (κ3) is 4.13. The predicted molar refractivity (Wildman–Crippen MR) is 72.6 cm³/mol. The van der Waals surface area contributed by atoms with E-state index in [0.29, 0.717) is 24.3 Å². The Morgan fingerprint density at radius 1 is 1.32 bits per heavy atom. The third-order valence-electron chi connectivity index (χ3n) is 3.07. The standard InChI is InChI=1S/C14H21NO4/c1-9(14(16)17)7-10(15)8-11-12(18-2)5-4-6-13(11)19-3/h4-6,9-10H,7-8,15H2,1-3H3,(H,16,17). The van der Waals surface area contributed by atoms with Crippen LogP contribution in [0.3, 0.4) is 0 Å². The van der Waals surface area contributed by atoms with Crippen molar-refractivity contribution >= 4 is 5.97 Å². The maximum Gasteiger partial charge on any atom is 0.306 e. The van der Waals surface area contributed by atoms with Gasteiger partial charge in [-0.05, 0) is 25.0 Å². The molecule has 5 heteroatoms. The van der Waals surface area contributed by atoms with Crippen LogP contribution in [0.5, 0.6) is 11.5 Å². The molecule has 0 amide bonds. The predicted octanol–water partition coefficient (Wildman–Crippen LogP) is 1.68. The summed E-state index contributed by atoms with van der Waals surface area (Å²) in [5.74, 6) is 0.119. The zero-order chi connectivity index (χ0) is 14.4. The van der Waals surface area contributed by atoms with E-state index in [1.807, 2.05) is 18.2 Å². The summed E-state index contributed by atoms with van der Waals surface area (Å²) >= 11 is 0. The van der Waals surface area contributed by atoms with Crippen molar-refractivity contribution in [3.8, 4) is 11.5 Å². The van der Waals surface area contributed by atoms with Gasteiger partial charge in [-0.25, -0.2) is 0 Å². The van der Waals surface area contributed by atoms with Crippen molar-refractivity contribution < 1.29 is 19.4 Å². The molecule has 0 aliphatic heterocycles. The summed E-state index contributed by atoms with van der Waals surface area (Å²) in [5.41, 5.74) is 6.89. The Morgan fingerprint density at radius 3 is 2.26 bits per heavy atom. The van der Waals surface area contributed by atoms with Gasteiger partial charge in [0.1, 0.15) is 11.5 Å². The zero-order valence-electron chi connectivity index (χ0n) is 11.6. The van der Waals surface area contributed by atoms with E-state index in [-0.39, 0.29) is 6.04 Å². The summed E-state index contributed by atoms with van der Waals surface area (Å²) in [7, 11) is 3.17. The van der Waals surface area contributed by atoms with Crippen molar-refractivity contribution in [2.75, 3.05) is 14.2 Å². The minimum absolute atomic E-state index is 0.253. The first-order valence-electron chi connectivity index (χ1n) is 6.17. The SMILES string of the molecule is COc1cccc(OC)c1CC(N)CC(C)C(=O)O. The molecule has 19 heavy (non-hydrogen) atoms. The first-order chi connectivity index (χ1) is 8.99. The van der Waals surface area contributed by atoms with E-state index >= 15 is 0 Å². The molecule has 3 N–H and O–H groups in total. The largest absolute Gasteiger partial charge is 0.496 e. The van der Waals surface area contributed by atoms with Crippen LogP contribution >= 0.6 is 0 Å². The minimum atomic E-state index is -0.831. The van der Waals surface area contributed by atoms with E-state index in [1.54, 1.807) is 21.1 Å². The third-order valence-corrected chi connectivity index (χ3v) is 3.07. The molecular weight excluding hydrogens is 246 g/mol. The van der Waals surface area contributed by atoms with Gasteiger partial charge < -0.3 is 20.3 Å². The Hall–Kier alpha value is -1.75. The number of ether oxygens (including phenoxy) is 2. The van der Waals surface area contributed by atoms with E-state index < -0.39 is 11.9 Å². The molecular formula is C14H21NO4. The molecule has 2 atom stereocenters. The van der Waals surface area contributed by atoms with Gasteiger partial charge in [0.15, 0.2) is 0 Å². The highest BCUT2D eigenvalue weighted by molar-refractivity contribution is 5.69. The molecule has 106 valence electrons. The summed E-state index contributed by atoms with van der Waals surface area (Å²) < 4.78 is 10.6. The van der Waals surface area contributed by atoms with Crippen LogP contribution < -0.4 is 15.2 Å². The van der Waals surface area contributed by atoms with Gasteiger partial charge in [-0.2, -0.15) is 0 Å². The fourth-order valence-corrected chi connectivity index (χ4v) is 2.03. The Morgan fingerprint density at radius 2 is 1.84 bits per heavy atom. The number of aliphatic carboxylic acids is 1. The second-order valence-corrected chi connectivity index (χ2v) is 4.58. The number of nitrogens with two attached hydrogens (primary N) is 1. The number of carboxylic acids is 1. The van der Waals surface area contributed by atoms with Crippen molar-refractivity contribution in [1.29, 1.82) is 0 Å². The Labute approximate surface area is 113 Å². The summed E-state index contributed by atoms with van der Waals surface area (Å²) in [6, 6.07) is 5.26. The van der Waals surface area contributed by atoms with Crippen LogP contribution in [-0.4, -0.2) is 31.3 Å². The van der Waals surface area contributed by atoms with Gasteiger partial charge in [0.2, 0.25) is 0 Å². The van der Waals surface area contributed by atoms with Crippen LogP contribution in [0, 0.1) is 5.92 Å². The highest BCUT2D eigenvalue weighted by Gasteiger charge is 2.19. The molecule has 0 radical (unpaired) electrons. The fourth-order valence-electron chi connectivity index (χ4n) is 2.03. The first-order valence-corrected chi connectivity index (χ1v) is 6.17. The van der Waals surface area contributed by atoms with Gasteiger partial charge >= 0.3 is 5.97 Å². The highest BCUT2D eigenvalue weighted by Crippen LogP contribution is 2.29. The van der Waals surface area contributed by atoms with Crippen molar-refractivity contribution in [2.45, 2.75) is 25.8 Å². The van der Waals surface area contributed by atoms with Crippen LogP contribution in [0.2, 0.25) is 0 Å². The van der Waals surface area contributed by atoms with Crippen molar-refractivity contribution in [2.24, 2.45) is 11.7 Å². The molecule has 1 aromatic rings. The molecule has 1 aromatic carbocycles. The van der Waals surface area contributed by atoms with E-state index in [2.05, 4.69) is 0 Å². The van der Waals surface area contributed by atoms with Gasteiger partial charge in [-0.1, -0.05) is 13.0 Å². The topological polar surface area (TPSA) is 81.8 Å². The van der Waals surface area contributed by atoms with Gasteiger partial charge in [-0.3, -0.25) is 4.79 Å². The number of methoxy groups -OCH3 is 2. The average Bonchev–Trinajstić information content (AvgIpc) is 2.38. The second kappa shape index (κ2) is 6.99. The lowest BCUT2D eigenvalue weighted by atomic mass is 9.96. The van der Waals surface area contributed by atoms with Gasteiger partial charge in [0, 0.05) is 11.6 Å². The fraction of sp³-hybridized carbons (Fsp3) is 0.500. The number of benzene rings is 1. The van der Waals surface area contributed by atoms with Crippen molar-refractivity contribution in [1.82, 2.24) is 0 Å². The minimum Gasteiger partial charge on any atom is -0.496 e. The average molecular weight is 267 g/mol. The molecule has 0 saturated carbocycles. The molecule has 0 aliphatic rings. The molecule has 5 nitrogen and oxygen atoms in total. The van der Waals surface area contributed by atoms with Crippen LogP contribution in [0.25, 0.3) is 0 Å². The molecule has 0 heterocycles. The van der Waals surface area contributed by atoms with E-state index in [9.17, 15) is 4.79 Å². The van der Waals surface area contributed by atoms with Crippen LogP contribution in [0.15, 0.2) is 18.2 Å². The van der Waals surface area contributed by atoms with Crippen LogP contribution in [-0.2, 0) is 11.2 Å². The second-order valence-electron chi connectivity index (χ2n) is 4.58. The lowest BCUT2D eigenvalue weighted by molar-refractivity contribution is -0.141. The molecule has 0 bridgehead atoms. The maximum atomic E-state index is 10.8. The zero-order valence-corrected chi connectivity index (χ0v) is 11.6. The van der Waals surface area contributed by atoms with E-state index in [4.69, 9.17) is 20.3 Å². The number of hydrogen-bond donors (Lipinski definition) is 2. The van der Waals surface area contributed by atoms with Gasteiger partial charge in [0.05, 0.1) is 20.1 Å². The monoisotopic (exact) mass is 267 g/mol. The van der Waals surface area contributed by atoms with Crippen molar-refractivity contribution in [3.63, 3.8) is 0 Å². The normalized spacial score (nSPS) is 13.7. The first kappa shape index (κ1) is 15.3. The molecule has 0 aliphatic carbocycles. The maximum absolute atomic E-state index is 10.8. The Balaban J connectivity index is 2.83. The highest BCUT2D eigenvalue weighted by atomic mass is 16.5. The lowest BCUT2D eigenvalue weighted by Gasteiger charge is -2.18. The molecule has 1 rings (SSSR count). The van der Waals surface area contributed by atoms with Crippen LogP contribution in [0.1, 0.15) is 18.9 Å². The molecule has 2 unspecified atom stereocenters. The number of rotatable bonds is 7. The van der Waals surface area contributed by atoms with E-state index in [1.165, 1.54) is 0 Å². The van der Waals surface area contributed by atoms with Gasteiger partial charge in [-0.15, -0.1) is 0 Å². The smallest absolute Gasteiger partial charge is 0.306 e. The number of carboxylic acid groups (broad SMARTS) is 1. The summed E-state index contributed by atoms with van der Waals surface area (Å²) in [6.07, 6.45) is 0.932. The Bertz CT molecular complexity index is 411. The van der Waals surface area contributed by atoms with Gasteiger partial charge in [0.25, 0.3) is 0 Å². The van der Waals surface area contributed by atoms with Crippen LogP contribution in [0.4, 0.5) is 0 Å². The number of carbonyl (C=O) groups is 1. The molecule has 0 saturated heterocycles. The number of hydrogen-bond acceptors (Lipinski definition) is 4.